The molecule has 0 unspecified atom stereocenters. The van der Waals surface area contributed by atoms with E-state index in [1.807, 2.05) is 36.4 Å². The summed E-state index contributed by atoms with van der Waals surface area (Å²) < 4.78 is 31.9. The van der Waals surface area contributed by atoms with Crippen molar-refractivity contribution in [2.45, 2.75) is 0 Å². The summed E-state index contributed by atoms with van der Waals surface area (Å²) in [5.41, 5.74) is 23.4. The van der Waals surface area contributed by atoms with E-state index in [-0.39, 0.29) is 0 Å². The van der Waals surface area contributed by atoms with Crippen LogP contribution in [0.3, 0.4) is 0 Å². The highest BCUT2D eigenvalue weighted by Gasteiger charge is 2.26. The zero-order valence-corrected chi connectivity index (χ0v) is 67.5. The molecule has 0 aliphatic heterocycles. The van der Waals surface area contributed by atoms with Crippen molar-refractivity contribution in [2.75, 3.05) is 0 Å². The molecule has 23 aromatic carbocycles. The molecular formula is C120H70O5. The smallest absolute Gasteiger partial charge is 0.178 e. The highest BCUT2D eigenvalue weighted by molar-refractivity contribution is 6.29. The van der Waals surface area contributed by atoms with Crippen molar-refractivity contribution < 1.29 is 22.1 Å². The number of para-hydroxylation sites is 2. The van der Waals surface area contributed by atoms with E-state index in [2.05, 4.69) is 388 Å². The molecule has 580 valence electrons. The second kappa shape index (κ2) is 28.0. The van der Waals surface area contributed by atoms with Gasteiger partial charge < -0.3 is 22.1 Å². The Morgan fingerprint density at radius 3 is 0.808 bits per heavy atom. The molecule has 0 bridgehead atoms. The van der Waals surface area contributed by atoms with Gasteiger partial charge >= 0.3 is 0 Å². The molecule has 28 aromatic rings. The van der Waals surface area contributed by atoms with E-state index in [4.69, 9.17) is 22.1 Å². The van der Waals surface area contributed by atoms with Gasteiger partial charge in [-0.05, 0) is 255 Å². The Morgan fingerprint density at radius 1 is 0.112 bits per heavy atom. The Morgan fingerprint density at radius 2 is 0.384 bits per heavy atom. The molecule has 28 rings (SSSR count). The molecule has 5 heteroatoms. The van der Waals surface area contributed by atoms with Crippen molar-refractivity contribution in [1.29, 1.82) is 0 Å². The summed E-state index contributed by atoms with van der Waals surface area (Å²) in [6, 6.07) is 152. The van der Waals surface area contributed by atoms with E-state index in [0.717, 1.165) is 110 Å². The summed E-state index contributed by atoms with van der Waals surface area (Å²) in [5.74, 6) is 0. The monoisotopic (exact) mass is 1590 g/mol. The maximum atomic E-state index is 6.49. The molecule has 0 amide bonds. The lowest BCUT2D eigenvalue weighted by Gasteiger charge is -2.18. The quantitative estimate of drug-likeness (QED) is 0.155. The molecule has 0 spiro atoms. The maximum absolute atomic E-state index is 6.49. The minimum Gasteiger partial charge on any atom is -0.456 e. The Kier molecular flexibility index (Phi) is 15.7. The molecular weight excluding hydrogens is 1520 g/mol. The Balaban J connectivity index is 0.000000100. The molecule has 125 heavy (non-hydrogen) atoms. The van der Waals surface area contributed by atoms with Crippen LogP contribution in [0, 0.1) is 0 Å². The number of hydrogen-bond donors (Lipinski definition) is 0. The van der Waals surface area contributed by atoms with E-state index >= 15 is 0 Å². The van der Waals surface area contributed by atoms with Gasteiger partial charge in [0.1, 0.15) is 33.5 Å². The maximum Gasteiger partial charge on any atom is 0.178 e. The van der Waals surface area contributed by atoms with Gasteiger partial charge in [-0.15, -0.1) is 0 Å². The predicted octanol–water partition coefficient (Wildman–Crippen LogP) is 34.9. The second-order valence-corrected chi connectivity index (χ2v) is 32.9. The molecule has 0 N–H and O–H groups in total. The number of hydrogen-bond acceptors (Lipinski definition) is 5. The van der Waals surface area contributed by atoms with E-state index < -0.39 is 0 Å². The molecule has 0 aliphatic rings. The summed E-state index contributed by atoms with van der Waals surface area (Å²) in [5, 5.41) is 33.4. The topological polar surface area (TPSA) is 65.7 Å². The van der Waals surface area contributed by atoms with Crippen LogP contribution in [0.15, 0.2) is 447 Å². The molecule has 0 saturated heterocycles. The highest BCUT2D eigenvalue weighted by Crippen LogP contribution is 2.52. The minimum atomic E-state index is 0.798. The van der Waals surface area contributed by atoms with Crippen molar-refractivity contribution >= 4 is 207 Å². The van der Waals surface area contributed by atoms with Crippen LogP contribution in [-0.2, 0) is 0 Å². The van der Waals surface area contributed by atoms with Crippen LogP contribution in [-0.4, -0.2) is 0 Å². The molecule has 5 heterocycles. The molecule has 0 fully saturated rings. The van der Waals surface area contributed by atoms with Crippen molar-refractivity contribution in [1.82, 2.24) is 0 Å². The summed E-state index contributed by atoms with van der Waals surface area (Å²) in [4.78, 5) is 0. The zero-order chi connectivity index (χ0) is 81.9. The standard InChI is InChI=1S/C42H24O2.C40H24O.C38H22O2/c1-2-12-27-25(10-1)11-9-18-29(27)40-32-16-5-3-14-30(32)39(31-15-4-6-17-33(31)40)26-20-23-38-36(24-26)35-22-21-34-28-13-7-8-19-37(28)43-41(34)42(35)44-38;1-2-10-26-21-29(18-17-25(26)9-1)39-31-13-5-7-15-33(31)40(34-16-8-6-14-32(34)39)30-19-20-37-35(23-30)36-22-27-11-3-4-12-28(27)24-38(36)41-37;1-2-10-23(11-3-1)35-26-13-4-6-15-28(26)36(29-16-7-5-14-27(29)35)24-18-21-34-32(22-24)31-20-19-30-25-12-8-9-17-33(25)39-37(30)38(31)40-34/h1-24H;1-24H;1-22H. The predicted molar refractivity (Wildman–Crippen MR) is 526 cm³/mol. The number of furan rings is 5. The first kappa shape index (κ1) is 70.3. The number of fused-ring (bicyclic) bond motifs is 26. The number of benzene rings is 23. The Bertz CT molecular complexity index is 9220. The third kappa shape index (κ3) is 11.1. The van der Waals surface area contributed by atoms with Gasteiger partial charge in [0.2, 0.25) is 0 Å². The largest absolute Gasteiger partial charge is 0.456 e. The molecule has 0 aliphatic carbocycles. The summed E-state index contributed by atoms with van der Waals surface area (Å²) in [7, 11) is 0. The lowest BCUT2D eigenvalue weighted by atomic mass is 9.84. The van der Waals surface area contributed by atoms with Gasteiger partial charge in [-0.1, -0.05) is 334 Å². The van der Waals surface area contributed by atoms with Crippen LogP contribution in [0.25, 0.3) is 273 Å². The summed E-state index contributed by atoms with van der Waals surface area (Å²) in [6.45, 7) is 0. The third-order valence-corrected chi connectivity index (χ3v) is 26.1. The van der Waals surface area contributed by atoms with Crippen LogP contribution < -0.4 is 0 Å². The molecule has 0 saturated carbocycles. The van der Waals surface area contributed by atoms with E-state index in [1.165, 1.54) is 164 Å². The third-order valence-electron chi connectivity index (χ3n) is 26.1. The summed E-state index contributed by atoms with van der Waals surface area (Å²) in [6.07, 6.45) is 0. The van der Waals surface area contributed by atoms with Crippen LogP contribution >= 0.6 is 0 Å². The molecule has 5 nitrogen and oxygen atoms in total. The SMILES string of the molecule is c1ccc(-c2c3ccccc3c(-c3ccc4oc5c(ccc6c7ccccc7oc65)c4c3)c3ccccc23)cc1.c1ccc2c(-c3c4ccccc4c(-c4ccc5oc6c(ccc7c8ccccc8oc76)c5c4)c4ccccc34)cccc2c1.c1ccc2cc(-c3c4ccccc4c(-c4ccc5oc6cc7ccccc7cc6c5c4)c4ccccc34)ccc2c1. The Labute approximate surface area is 715 Å². The van der Waals surface area contributed by atoms with Crippen LogP contribution in [0.4, 0.5) is 0 Å². The Hall–Kier alpha value is -16.6. The average Bonchev–Trinajstić information content (AvgIpc) is 1.51. The van der Waals surface area contributed by atoms with Crippen LogP contribution in [0.2, 0.25) is 0 Å². The second-order valence-electron chi connectivity index (χ2n) is 32.9. The first-order chi connectivity index (χ1) is 62.0. The van der Waals surface area contributed by atoms with Crippen molar-refractivity contribution in [2.24, 2.45) is 0 Å². The van der Waals surface area contributed by atoms with Gasteiger partial charge in [-0.25, -0.2) is 0 Å². The minimum absolute atomic E-state index is 0.798. The van der Waals surface area contributed by atoms with Gasteiger partial charge in [0, 0.05) is 53.9 Å². The molecule has 5 aromatic heterocycles. The zero-order valence-electron chi connectivity index (χ0n) is 67.5. The van der Waals surface area contributed by atoms with Crippen LogP contribution in [0.1, 0.15) is 0 Å². The molecule has 0 atom stereocenters. The van der Waals surface area contributed by atoms with Gasteiger partial charge in [-0.2, -0.15) is 0 Å². The molecule has 0 radical (unpaired) electrons. The first-order valence-electron chi connectivity index (χ1n) is 42.7. The fourth-order valence-corrected chi connectivity index (χ4v) is 20.6. The van der Waals surface area contributed by atoms with E-state index in [0.29, 0.717) is 0 Å². The van der Waals surface area contributed by atoms with Crippen LogP contribution in [0.5, 0.6) is 0 Å². The van der Waals surface area contributed by atoms with Gasteiger partial charge in [-0.3, -0.25) is 0 Å². The van der Waals surface area contributed by atoms with Gasteiger partial charge in [0.05, 0.1) is 0 Å². The summed E-state index contributed by atoms with van der Waals surface area (Å²) >= 11 is 0. The normalized spacial score (nSPS) is 12.0. The van der Waals surface area contributed by atoms with E-state index in [9.17, 15) is 0 Å². The number of rotatable bonds is 6. The average molecular weight is 1590 g/mol. The lowest BCUT2D eigenvalue weighted by Crippen LogP contribution is -1.91. The van der Waals surface area contributed by atoms with Crippen molar-refractivity contribution in [3.05, 3.63) is 425 Å². The van der Waals surface area contributed by atoms with E-state index in [1.54, 1.807) is 0 Å². The fraction of sp³-hybridized carbons (Fsp3) is 0. The van der Waals surface area contributed by atoms with Crippen molar-refractivity contribution in [3.63, 3.8) is 0 Å². The van der Waals surface area contributed by atoms with Gasteiger partial charge in [0.15, 0.2) is 22.3 Å². The van der Waals surface area contributed by atoms with Crippen molar-refractivity contribution in [3.8, 4) is 66.8 Å². The van der Waals surface area contributed by atoms with Gasteiger partial charge in [0.25, 0.3) is 0 Å². The highest BCUT2D eigenvalue weighted by atomic mass is 16.4. The first-order valence-corrected chi connectivity index (χ1v) is 42.7. The lowest BCUT2D eigenvalue weighted by molar-refractivity contribution is 0.633. The fourth-order valence-electron chi connectivity index (χ4n) is 20.6.